The van der Waals surface area contributed by atoms with Gasteiger partial charge in [-0.25, -0.2) is 0 Å². The Balaban J connectivity index is 2.05. The van der Waals surface area contributed by atoms with Crippen LogP contribution in [-0.2, 0) is 0 Å². The zero-order valence-electron chi connectivity index (χ0n) is 10.6. The van der Waals surface area contributed by atoms with Gasteiger partial charge in [-0.1, -0.05) is 28.9 Å². The maximum atomic E-state index is 12.5. The highest BCUT2D eigenvalue weighted by Crippen LogP contribution is 2.18. The number of benzene rings is 2. The van der Waals surface area contributed by atoms with Crippen LogP contribution >= 0.6 is 11.6 Å². The van der Waals surface area contributed by atoms with Crippen LogP contribution in [0.2, 0.25) is 5.02 Å². The molecule has 0 aliphatic heterocycles. The van der Waals surface area contributed by atoms with Gasteiger partial charge in [-0.3, -0.25) is 9.89 Å². The maximum Gasteiger partial charge on any atom is 0.283 e. The van der Waals surface area contributed by atoms with Crippen LogP contribution in [0.4, 0.5) is 0 Å². The van der Waals surface area contributed by atoms with Crippen LogP contribution in [-0.4, -0.2) is 25.2 Å². The Morgan fingerprint density at radius 2 is 1.95 bits per heavy atom. The highest BCUT2D eigenvalue weighted by molar-refractivity contribution is 6.31. The Morgan fingerprint density at radius 3 is 2.86 bits per heavy atom. The minimum Gasteiger partial charge on any atom is -0.276 e. The van der Waals surface area contributed by atoms with Gasteiger partial charge in [0.05, 0.1) is 10.9 Å². The second kappa shape index (κ2) is 4.39. The Morgan fingerprint density at radius 1 is 1.10 bits per heavy atom. The lowest BCUT2D eigenvalue weighted by molar-refractivity contribution is 0.720. The number of nitrogens with one attached hydrogen (secondary N) is 1. The van der Waals surface area contributed by atoms with E-state index >= 15 is 0 Å². The van der Waals surface area contributed by atoms with Crippen molar-refractivity contribution in [2.75, 3.05) is 0 Å². The summed E-state index contributed by atoms with van der Waals surface area (Å²) in [6.07, 6.45) is 0. The van der Waals surface area contributed by atoms with Crippen LogP contribution in [0.25, 0.3) is 27.6 Å². The Labute approximate surface area is 123 Å². The summed E-state index contributed by atoms with van der Waals surface area (Å²) in [5, 5.41) is 16.8. The molecule has 0 bridgehead atoms. The molecule has 2 aromatic carbocycles. The number of aromatic nitrogens is 5. The van der Waals surface area contributed by atoms with Crippen molar-refractivity contribution in [2.45, 2.75) is 0 Å². The van der Waals surface area contributed by atoms with Crippen LogP contribution in [0.3, 0.4) is 0 Å². The molecule has 2 aromatic heterocycles. The van der Waals surface area contributed by atoms with E-state index in [0.717, 1.165) is 10.9 Å². The summed E-state index contributed by atoms with van der Waals surface area (Å²) in [6.45, 7) is 0. The van der Waals surface area contributed by atoms with Gasteiger partial charge >= 0.3 is 0 Å². The van der Waals surface area contributed by atoms with Gasteiger partial charge < -0.3 is 0 Å². The topological polar surface area (TPSA) is 76.5 Å². The molecule has 7 heteroatoms. The normalized spacial score (nSPS) is 11.3. The average molecular weight is 298 g/mol. The number of hydrogen-bond donors (Lipinski definition) is 1. The van der Waals surface area contributed by atoms with Gasteiger partial charge in [-0.2, -0.15) is 9.78 Å². The maximum absolute atomic E-state index is 12.5. The van der Waals surface area contributed by atoms with E-state index in [1.54, 1.807) is 18.2 Å². The van der Waals surface area contributed by atoms with Crippen LogP contribution in [0.15, 0.2) is 47.3 Å². The highest BCUT2D eigenvalue weighted by atomic mass is 35.5. The first kappa shape index (κ1) is 12.0. The van der Waals surface area contributed by atoms with Crippen molar-refractivity contribution in [3.05, 3.63) is 57.8 Å². The number of aromatic amines is 1. The van der Waals surface area contributed by atoms with E-state index in [0.29, 0.717) is 21.7 Å². The van der Waals surface area contributed by atoms with E-state index in [1.807, 2.05) is 24.3 Å². The van der Waals surface area contributed by atoms with Gasteiger partial charge in [0.15, 0.2) is 5.82 Å². The Kier molecular flexibility index (Phi) is 2.52. The van der Waals surface area contributed by atoms with Crippen LogP contribution in [0.5, 0.6) is 0 Å². The molecule has 1 N–H and O–H groups in total. The van der Waals surface area contributed by atoms with Crippen molar-refractivity contribution >= 4 is 33.4 Å². The molecule has 4 rings (SSSR count). The van der Waals surface area contributed by atoms with Crippen molar-refractivity contribution < 1.29 is 0 Å². The monoisotopic (exact) mass is 297 g/mol. The molecule has 21 heavy (non-hydrogen) atoms. The lowest BCUT2D eigenvalue weighted by Gasteiger charge is -2.02. The van der Waals surface area contributed by atoms with E-state index in [-0.39, 0.29) is 5.56 Å². The molecule has 0 amide bonds. The predicted molar refractivity (Wildman–Crippen MR) is 79.8 cm³/mol. The summed E-state index contributed by atoms with van der Waals surface area (Å²) < 4.78 is 1.19. The largest absolute Gasteiger partial charge is 0.283 e. The number of rotatable bonds is 1. The number of para-hydroxylation sites is 1. The van der Waals surface area contributed by atoms with Crippen LogP contribution in [0, 0.1) is 0 Å². The van der Waals surface area contributed by atoms with E-state index in [2.05, 4.69) is 20.5 Å². The number of fused-ring (bicyclic) bond motifs is 2. The van der Waals surface area contributed by atoms with Gasteiger partial charge in [-0.05, 0) is 30.3 Å². The molecule has 0 unspecified atom stereocenters. The molecule has 0 spiro atoms. The molecule has 0 radical (unpaired) electrons. The van der Waals surface area contributed by atoms with E-state index in [4.69, 9.17) is 11.6 Å². The van der Waals surface area contributed by atoms with Crippen molar-refractivity contribution in [1.82, 2.24) is 25.2 Å². The van der Waals surface area contributed by atoms with Crippen LogP contribution < -0.4 is 5.56 Å². The third-order valence-electron chi connectivity index (χ3n) is 3.28. The molecule has 0 atom stereocenters. The lowest BCUT2D eigenvalue weighted by Crippen LogP contribution is -2.23. The van der Waals surface area contributed by atoms with Gasteiger partial charge in [0, 0.05) is 10.4 Å². The van der Waals surface area contributed by atoms with Gasteiger partial charge in [0.1, 0.15) is 5.52 Å². The first-order valence-corrected chi connectivity index (χ1v) is 6.60. The highest BCUT2D eigenvalue weighted by Gasteiger charge is 2.13. The SMILES string of the molecule is O=c1c2ccc(Cl)cc2nnn1-c1n[nH]c2ccccc12. The zero-order chi connectivity index (χ0) is 14.4. The molecule has 4 aromatic rings. The molecular formula is C14H8ClN5O. The third kappa shape index (κ3) is 1.80. The molecular weight excluding hydrogens is 290 g/mol. The summed E-state index contributed by atoms with van der Waals surface area (Å²) in [7, 11) is 0. The number of hydrogen-bond acceptors (Lipinski definition) is 4. The Hall–Kier alpha value is -2.73. The van der Waals surface area contributed by atoms with Gasteiger partial charge in [0.2, 0.25) is 0 Å². The van der Waals surface area contributed by atoms with Crippen molar-refractivity contribution in [2.24, 2.45) is 0 Å². The minimum absolute atomic E-state index is 0.283. The Bertz CT molecular complexity index is 1040. The smallest absolute Gasteiger partial charge is 0.276 e. The molecule has 2 heterocycles. The second-order valence-electron chi connectivity index (χ2n) is 4.56. The first-order chi connectivity index (χ1) is 10.2. The third-order valence-corrected chi connectivity index (χ3v) is 3.51. The molecule has 0 fully saturated rings. The minimum atomic E-state index is -0.283. The second-order valence-corrected chi connectivity index (χ2v) is 5.00. The summed E-state index contributed by atoms with van der Waals surface area (Å²) in [5.74, 6) is 0.431. The summed E-state index contributed by atoms with van der Waals surface area (Å²) in [4.78, 5) is 12.5. The summed E-state index contributed by atoms with van der Waals surface area (Å²) >= 11 is 5.89. The quantitative estimate of drug-likeness (QED) is 0.585. The van der Waals surface area contributed by atoms with Crippen molar-refractivity contribution in [1.29, 1.82) is 0 Å². The van der Waals surface area contributed by atoms with E-state index < -0.39 is 0 Å². The summed E-state index contributed by atoms with van der Waals surface area (Å²) in [6, 6.07) is 12.4. The lowest BCUT2D eigenvalue weighted by atomic mass is 10.2. The van der Waals surface area contributed by atoms with E-state index in [9.17, 15) is 4.79 Å². The van der Waals surface area contributed by atoms with Crippen molar-refractivity contribution in [3.63, 3.8) is 0 Å². The average Bonchev–Trinajstić information content (AvgIpc) is 2.91. The summed E-state index contributed by atoms with van der Waals surface area (Å²) in [5.41, 5.74) is 1.01. The van der Waals surface area contributed by atoms with Crippen molar-refractivity contribution in [3.8, 4) is 5.82 Å². The molecule has 6 nitrogen and oxygen atoms in total. The fraction of sp³-hybridized carbons (Fsp3) is 0. The van der Waals surface area contributed by atoms with Gasteiger partial charge in [0.25, 0.3) is 5.56 Å². The zero-order valence-corrected chi connectivity index (χ0v) is 11.4. The molecule has 0 aliphatic carbocycles. The standard InChI is InChI=1S/C14H8ClN5O/c15-8-5-6-10-12(7-8)17-19-20(14(10)21)13-9-3-1-2-4-11(9)16-18-13/h1-7H,(H,16,18). The fourth-order valence-electron chi connectivity index (χ4n) is 2.26. The van der Waals surface area contributed by atoms with E-state index in [1.165, 1.54) is 4.68 Å². The molecule has 102 valence electrons. The number of nitrogens with zero attached hydrogens (tertiary/aromatic N) is 4. The predicted octanol–water partition coefficient (Wildman–Crippen LogP) is 2.31. The van der Waals surface area contributed by atoms with Crippen LogP contribution in [0.1, 0.15) is 0 Å². The number of halogens is 1. The van der Waals surface area contributed by atoms with Gasteiger partial charge in [-0.15, -0.1) is 5.10 Å². The number of H-pyrrole nitrogens is 1. The first-order valence-electron chi connectivity index (χ1n) is 6.23. The fourth-order valence-corrected chi connectivity index (χ4v) is 2.43. The molecule has 0 saturated heterocycles. The molecule has 0 aliphatic rings. The molecule has 0 saturated carbocycles.